The average molecular weight is 473 g/mol. The van der Waals surface area contributed by atoms with Crippen molar-refractivity contribution in [3.63, 3.8) is 0 Å². The molecule has 0 aromatic heterocycles. The normalized spacial score (nSPS) is 12.9. The molecule has 1 atom stereocenters. The Hall–Kier alpha value is -4.13. The Bertz CT molecular complexity index is 1250. The van der Waals surface area contributed by atoms with E-state index >= 15 is 0 Å². The van der Waals surface area contributed by atoms with Gasteiger partial charge >= 0.3 is 12.1 Å². The van der Waals surface area contributed by atoms with Gasteiger partial charge in [-0.1, -0.05) is 55.5 Å². The molecule has 7 nitrogen and oxygen atoms in total. The molecule has 3 aromatic rings. The van der Waals surface area contributed by atoms with E-state index < -0.39 is 24.0 Å². The van der Waals surface area contributed by atoms with E-state index in [0.29, 0.717) is 17.7 Å². The lowest BCUT2D eigenvalue weighted by molar-refractivity contribution is -0.118. The Balaban J connectivity index is 1.41. The number of hydrogen-bond donors (Lipinski definition) is 3. The molecule has 35 heavy (non-hydrogen) atoms. The molecular formula is C28H28N2O5. The molecule has 0 spiro atoms. The number of aromatic carboxylic acids is 1. The Morgan fingerprint density at radius 3 is 2.14 bits per heavy atom. The molecule has 0 aliphatic heterocycles. The molecule has 0 bridgehead atoms. The van der Waals surface area contributed by atoms with Crippen LogP contribution in [0.3, 0.4) is 0 Å². The molecule has 2 amide bonds. The van der Waals surface area contributed by atoms with Crippen molar-refractivity contribution in [3.8, 4) is 11.1 Å². The first-order valence-corrected chi connectivity index (χ1v) is 11.6. The largest absolute Gasteiger partial charge is 0.478 e. The Labute approximate surface area is 204 Å². The highest BCUT2D eigenvalue weighted by molar-refractivity contribution is 5.98. The third-order valence-electron chi connectivity index (χ3n) is 6.53. The molecule has 3 N–H and O–H groups in total. The van der Waals surface area contributed by atoms with Gasteiger partial charge in [-0.05, 0) is 65.8 Å². The van der Waals surface area contributed by atoms with Crippen LogP contribution in [0, 0.1) is 13.8 Å². The zero-order valence-corrected chi connectivity index (χ0v) is 19.9. The van der Waals surface area contributed by atoms with Crippen LogP contribution >= 0.6 is 0 Å². The van der Waals surface area contributed by atoms with Crippen molar-refractivity contribution in [1.82, 2.24) is 5.32 Å². The van der Waals surface area contributed by atoms with E-state index in [-0.39, 0.29) is 18.1 Å². The fraction of sp³-hybridized carbons (Fsp3) is 0.250. The smallest absolute Gasteiger partial charge is 0.407 e. The van der Waals surface area contributed by atoms with Crippen LogP contribution in [0.1, 0.15) is 51.9 Å². The minimum atomic E-state index is -1.06. The number of ether oxygens (including phenoxy) is 1. The van der Waals surface area contributed by atoms with Crippen LogP contribution < -0.4 is 10.6 Å². The molecule has 4 rings (SSSR count). The van der Waals surface area contributed by atoms with Crippen LogP contribution in [0.2, 0.25) is 0 Å². The maximum Gasteiger partial charge on any atom is 0.407 e. The highest BCUT2D eigenvalue weighted by atomic mass is 16.5. The molecule has 0 saturated heterocycles. The maximum absolute atomic E-state index is 12.8. The van der Waals surface area contributed by atoms with E-state index in [1.165, 1.54) is 6.07 Å². The van der Waals surface area contributed by atoms with Gasteiger partial charge in [-0.2, -0.15) is 0 Å². The molecule has 1 aliphatic rings. The fourth-order valence-corrected chi connectivity index (χ4v) is 4.52. The van der Waals surface area contributed by atoms with E-state index in [9.17, 15) is 19.5 Å². The van der Waals surface area contributed by atoms with Gasteiger partial charge in [0.2, 0.25) is 5.91 Å². The molecule has 7 heteroatoms. The highest BCUT2D eigenvalue weighted by Crippen LogP contribution is 2.44. The van der Waals surface area contributed by atoms with Gasteiger partial charge in [0.1, 0.15) is 12.6 Å². The van der Waals surface area contributed by atoms with Crippen molar-refractivity contribution >= 4 is 23.7 Å². The van der Waals surface area contributed by atoms with Crippen molar-refractivity contribution in [2.75, 3.05) is 11.9 Å². The van der Waals surface area contributed by atoms with Crippen LogP contribution in [0.25, 0.3) is 11.1 Å². The van der Waals surface area contributed by atoms with Gasteiger partial charge in [-0.15, -0.1) is 0 Å². The monoisotopic (exact) mass is 472 g/mol. The van der Waals surface area contributed by atoms with E-state index in [2.05, 4.69) is 22.8 Å². The number of amides is 2. The molecular weight excluding hydrogens is 444 g/mol. The zero-order chi connectivity index (χ0) is 25.1. The molecule has 1 aliphatic carbocycles. The van der Waals surface area contributed by atoms with Gasteiger partial charge in [-0.25, -0.2) is 9.59 Å². The van der Waals surface area contributed by atoms with E-state index in [0.717, 1.165) is 27.8 Å². The quantitative estimate of drug-likeness (QED) is 0.435. The van der Waals surface area contributed by atoms with E-state index in [1.807, 2.05) is 36.4 Å². The minimum absolute atomic E-state index is 0.0768. The zero-order valence-electron chi connectivity index (χ0n) is 19.9. The molecule has 0 heterocycles. The van der Waals surface area contributed by atoms with E-state index in [4.69, 9.17) is 4.74 Å². The number of alkyl carbamates (subject to hydrolysis) is 1. The van der Waals surface area contributed by atoms with Gasteiger partial charge in [0.05, 0.1) is 5.56 Å². The number of aryl methyl sites for hydroxylation is 1. The second-order valence-electron chi connectivity index (χ2n) is 8.69. The maximum atomic E-state index is 12.8. The lowest BCUT2D eigenvalue weighted by Gasteiger charge is -2.19. The topological polar surface area (TPSA) is 105 Å². The second kappa shape index (κ2) is 10.0. The Kier molecular flexibility index (Phi) is 6.87. The molecule has 0 saturated carbocycles. The molecule has 0 fully saturated rings. The number of rotatable bonds is 7. The summed E-state index contributed by atoms with van der Waals surface area (Å²) >= 11 is 0. The summed E-state index contributed by atoms with van der Waals surface area (Å²) in [4.78, 5) is 36.9. The summed E-state index contributed by atoms with van der Waals surface area (Å²) in [5.41, 5.74) is 6.36. The Morgan fingerprint density at radius 2 is 1.57 bits per heavy atom. The highest BCUT2D eigenvalue weighted by Gasteiger charge is 2.29. The summed E-state index contributed by atoms with van der Waals surface area (Å²) in [7, 11) is 0. The number of nitrogens with one attached hydrogen (secondary N) is 2. The van der Waals surface area contributed by atoms with Crippen LogP contribution in [0.15, 0.2) is 60.7 Å². The summed E-state index contributed by atoms with van der Waals surface area (Å²) in [6.45, 7) is 5.43. The molecule has 0 unspecified atom stereocenters. The number of benzene rings is 3. The molecule has 180 valence electrons. The van der Waals surface area contributed by atoms with Crippen molar-refractivity contribution in [1.29, 1.82) is 0 Å². The number of carbonyl (C=O) groups is 3. The number of fused-ring (bicyclic) bond motifs is 3. The van der Waals surface area contributed by atoms with Crippen LogP contribution in [-0.2, 0) is 9.53 Å². The van der Waals surface area contributed by atoms with E-state index in [1.54, 1.807) is 26.8 Å². The summed E-state index contributed by atoms with van der Waals surface area (Å²) in [6, 6.07) is 18.4. The van der Waals surface area contributed by atoms with Crippen LogP contribution in [0.4, 0.5) is 10.5 Å². The first-order valence-electron chi connectivity index (χ1n) is 11.6. The average Bonchev–Trinajstić information content (AvgIpc) is 3.16. The van der Waals surface area contributed by atoms with Crippen LogP contribution in [-0.4, -0.2) is 35.7 Å². The first-order chi connectivity index (χ1) is 16.8. The lowest BCUT2D eigenvalue weighted by atomic mass is 9.98. The van der Waals surface area contributed by atoms with Gasteiger partial charge in [0.15, 0.2) is 0 Å². The third kappa shape index (κ3) is 4.89. The minimum Gasteiger partial charge on any atom is -0.478 e. The van der Waals surface area contributed by atoms with Crippen LogP contribution in [0.5, 0.6) is 0 Å². The molecule has 0 radical (unpaired) electrons. The van der Waals surface area contributed by atoms with Gasteiger partial charge < -0.3 is 20.5 Å². The lowest BCUT2D eigenvalue weighted by Crippen LogP contribution is -2.43. The summed E-state index contributed by atoms with van der Waals surface area (Å²) in [5, 5.41) is 14.8. The second-order valence-corrected chi connectivity index (χ2v) is 8.69. The van der Waals surface area contributed by atoms with Crippen molar-refractivity contribution in [3.05, 3.63) is 88.5 Å². The predicted molar refractivity (Wildman–Crippen MR) is 134 cm³/mol. The fourth-order valence-electron chi connectivity index (χ4n) is 4.52. The number of hydrogen-bond acceptors (Lipinski definition) is 4. The van der Waals surface area contributed by atoms with Crippen molar-refractivity contribution in [2.24, 2.45) is 0 Å². The SMILES string of the molecule is CC[C@H](NC(=O)OCC1c2ccccc2-c2ccccc21)C(=O)Nc1cc(C)c(C)c(C(=O)O)c1. The van der Waals surface area contributed by atoms with Crippen molar-refractivity contribution in [2.45, 2.75) is 39.2 Å². The Morgan fingerprint density at radius 1 is 0.971 bits per heavy atom. The summed E-state index contributed by atoms with van der Waals surface area (Å²) in [5.74, 6) is -1.59. The number of carbonyl (C=O) groups excluding carboxylic acids is 2. The predicted octanol–water partition coefficient (Wildman–Crippen LogP) is 5.26. The van der Waals surface area contributed by atoms with Gasteiger partial charge in [0, 0.05) is 11.6 Å². The summed E-state index contributed by atoms with van der Waals surface area (Å²) in [6.07, 6.45) is -0.340. The molecule has 3 aromatic carbocycles. The summed E-state index contributed by atoms with van der Waals surface area (Å²) < 4.78 is 5.55. The third-order valence-corrected chi connectivity index (χ3v) is 6.53. The van der Waals surface area contributed by atoms with Crippen molar-refractivity contribution < 1.29 is 24.2 Å². The number of anilines is 1. The first kappa shape index (κ1) is 24.0. The van der Waals surface area contributed by atoms with Gasteiger partial charge in [0.25, 0.3) is 0 Å². The van der Waals surface area contributed by atoms with Gasteiger partial charge in [-0.3, -0.25) is 4.79 Å². The number of carboxylic acid groups (broad SMARTS) is 1. The number of carboxylic acids is 1. The standard InChI is InChI=1S/C28H28N2O5/c1-4-25(26(31)29-18-13-16(2)17(3)23(14-18)27(32)33)30-28(34)35-15-24-21-11-7-5-9-19(21)20-10-6-8-12-22(20)24/h5-14,24-25H,4,15H2,1-3H3,(H,29,31)(H,30,34)(H,32,33)/t25-/m0/s1.